The van der Waals surface area contributed by atoms with Crippen LogP contribution in [0.1, 0.15) is 32.6 Å². The molecular weight excluding hydrogens is 136 g/mol. The molecule has 1 rings (SSSR count). The van der Waals surface area contributed by atoms with E-state index in [9.17, 15) is 0 Å². The fourth-order valence-corrected chi connectivity index (χ4v) is 1.31. The molecule has 1 atom stereocenters. The van der Waals surface area contributed by atoms with Crippen molar-refractivity contribution in [3.05, 3.63) is 0 Å². The summed E-state index contributed by atoms with van der Waals surface area (Å²) < 4.78 is 0. The van der Waals surface area contributed by atoms with Gasteiger partial charge in [-0.2, -0.15) is 5.26 Å². The van der Waals surface area contributed by atoms with Crippen molar-refractivity contribution in [2.45, 2.75) is 38.6 Å². The summed E-state index contributed by atoms with van der Waals surface area (Å²) in [5.74, 6) is 0.986. The van der Waals surface area contributed by atoms with Crippen LogP contribution in [0.3, 0.4) is 0 Å². The number of nitriles is 1. The van der Waals surface area contributed by atoms with Crippen LogP contribution < -0.4 is 5.32 Å². The number of hydrogen-bond donors (Lipinski definition) is 1. The third-order valence-electron chi connectivity index (χ3n) is 2.11. The number of nitrogens with one attached hydrogen (secondary N) is 1. The standard InChI is InChI=1S/C9H16N2/c1-8(7-9-3-4-9)11-6-2-5-10/h8-9,11H,2-4,6-7H2,1H3. The second kappa shape index (κ2) is 4.35. The van der Waals surface area contributed by atoms with Crippen molar-refractivity contribution in [2.24, 2.45) is 5.92 Å². The molecule has 0 saturated heterocycles. The van der Waals surface area contributed by atoms with Crippen LogP contribution in [0, 0.1) is 17.2 Å². The Morgan fingerprint density at radius 1 is 1.64 bits per heavy atom. The highest BCUT2D eigenvalue weighted by molar-refractivity contribution is 4.79. The molecule has 1 unspecified atom stereocenters. The van der Waals surface area contributed by atoms with Crippen molar-refractivity contribution in [2.75, 3.05) is 6.54 Å². The SMILES string of the molecule is CC(CC1CC1)NCCC#N. The largest absolute Gasteiger partial charge is 0.313 e. The maximum Gasteiger partial charge on any atom is 0.0635 e. The van der Waals surface area contributed by atoms with Crippen LogP contribution in [0.5, 0.6) is 0 Å². The average molecular weight is 152 g/mol. The van der Waals surface area contributed by atoms with Gasteiger partial charge >= 0.3 is 0 Å². The lowest BCUT2D eigenvalue weighted by atomic mass is 10.1. The lowest BCUT2D eigenvalue weighted by Gasteiger charge is -2.10. The van der Waals surface area contributed by atoms with Gasteiger partial charge in [-0.25, -0.2) is 0 Å². The summed E-state index contributed by atoms with van der Waals surface area (Å²) in [4.78, 5) is 0. The molecule has 2 heteroatoms. The fourth-order valence-electron chi connectivity index (χ4n) is 1.31. The van der Waals surface area contributed by atoms with E-state index in [1.807, 2.05) is 0 Å². The van der Waals surface area contributed by atoms with E-state index in [0.717, 1.165) is 12.5 Å². The topological polar surface area (TPSA) is 35.8 Å². The van der Waals surface area contributed by atoms with Gasteiger partial charge in [0.1, 0.15) is 0 Å². The van der Waals surface area contributed by atoms with Crippen molar-refractivity contribution < 1.29 is 0 Å². The molecule has 0 bridgehead atoms. The molecular formula is C9H16N2. The van der Waals surface area contributed by atoms with Gasteiger partial charge in [0, 0.05) is 19.0 Å². The Hall–Kier alpha value is -0.550. The van der Waals surface area contributed by atoms with E-state index in [1.165, 1.54) is 19.3 Å². The molecule has 0 aliphatic heterocycles. The highest BCUT2D eigenvalue weighted by Gasteiger charge is 2.22. The fraction of sp³-hybridized carbons (Fsp3) is 0.889. The molecule has 1 aliphatic carbocycles. The van der Waals surface area contributed by atoms with Gasteiger partial charge in [0.25, 0.3) is 0 Å². The normalized spacial score (nSPS) is 19.3. The van der Waals surface area contributed by atoms with Crippen LogP contribution in [-0.2, 0) is 0 Å². The molecule has 0 heterocycles. The molecule has 11 heavy (non-hydrogen) atoms. The monoisotopic (exact) mass is 152 g/mol. The minimum absolute atomic E-state index is 0.607. The van der Waals surface area contributed by atoms with Gasteiger partial charge in [-0.15, -0.1) is 0 Å². The lowest BCUT2D eigenvalue weighted by Crippen LogP contribution is -2.27. The Labute approximate surface area is 68.6 Å². The van der Waals surface area contributed by atoms with Crippen molar-refractivity contribution >= 4 is 0 Å². The van der Waals surface area contributed by atoms with Gasteiger partial charge in [-0.3, -0.25) is 0 Å². The Kier molecular flexibility index (Phi) is 3.38. The van der Waals surface area contributed by atoms with E-state index in [2.05, 4.69) is 18.3 Å². The molecule has 1 aliphatic rings. The van der Waals surface area contributed by atoms with Gasteiger partial charge in [-0.1, -0.05) is 12.8 Å². The summed E-state index contributed by atoms with van der Waals surface area (Å²) in [7, 11) is 0. The molecule has 0 aromatic heterocycles. The van der Waals surface area contributed by atoms with E-state index in [-0.39, 0.29) is 0 Å². The first kappa shape index (κ1) is 8.55. The van der Waals surface area contributed by atoms with Crippen molar-refractivity contribution in [1.82, 2.24) is 5.32 Å². The number of nitrogens with zero attached hydrogens (tertiary/aromatic N) is 1. The lowest BCUT2D eigenvalue weighted by molar-refractivity contribution is 0.494. The van der Waals surface area contributed by atoms with E-state index < -0.39 is 0 Å². The average Bonchev–Trinajstić information content (AvgIpc) is 2.72. The van der Waals surface area contributed by atoms with Crippen LogP contribution >= 0.6 is 0 Å². The molecule has 0 aromatic rings. The zero-order valence-electron chi connectivity index (χ0n) is 7.14. The van der Waals surface area contributed by atoms with Gasteiger partial charge in [0.2, 0.25) is 0 Å². The second-order valence-electron chi connectivity index (χ2n) is 3.44. The van der Waals surface area contributed by atoms with Crippen molar-refractivity contribution in [1.29, 1.82) is 5.26 Å². The number of rotatable bonds is 5. The third kappa shape index (κ3) is 4.00. The number of hydrogen-bond acceptors (Lipinski definition) is 2. The molecule has 1 N–H and O–H groups in total. The molecule has 0 spiro atoms. The van der Waals surface area contributed by atoms with Crippen LogP contribution in [0.4, 0.5) is 0 Å². The smallest absolute Gasteiger partial charge is 0.0635 e. The predicted octanol–water partition coefficient (Wildman–Crippen LogP) is 1.68. The first-order valence-electron chi connectivity index (χ1n) is 4.43. The maximum atomic E-state index is 8.28. The van der Waals surface area contributed by atoms with Crippen LogP contribution in [-0.4, -0.2) is 12.6 Å². The minimum atomic E-state index is 0.607. The van der Waals surface area contributed by atoms with Gasteiger partial charge in [0.05, 0.1) is 6.07 Å². The van der Waals surface area contributed by atoms with Crippen molar-refractivity contribution in [3.8, 4) is 6.07 Å². The molecule has 0 radical (unpaired) electrons. The summed E-state index contributed by atoms with van der Waals surface area (Å²) >= 11 is 0. The Morgan fingerprint density at radius 3 is 2.91 bits per heavy atom. The second-order valence-corrected chi connectivity index (χ2v) is 3.44. The molecule has 0 aromatic carbocycles. The quantitative estimate of drug-likeness (QED) is 0.608. The third-order valence-corrected chi connectivity index (χ3v) is 2.11. The van der Waals surface area contributed by atoms with Gasteiger partial charge in [0.15, 0.2) is 0 Å². The first-order chi connectivity index (χ1) is 5.33. The highest BCUT2D eigenvalue weighted by atomic mass is 14.9. The maximum absolute atomic E-state index is 8.28. The minimum Gasteiger partial charge on any atom is -0.313 e. The summed E-state index contributed by atoms with van der Waals surface area (Å²) in [6.45, 7) is 3.06. The van der Waals surface area contributed by atoms with Crippen LogP contribution in [0.25, 0.3) is 0 Å². The van der Waals surface area contributed by atoms with E-state index >= 15 is 0 Å². The first-order valence-corrected chi connectivity index (χ1v) is 4.43. The molecule has 1 saturated carbocycles. The predicted molar refractivity (Wildman–Crippen MR) is 45.0 cm³/mol. The molecule has 0 amide bonds. The zero-order valence-corrected chi connectivity index (χ0v) is 7.14. The zero-order chi connectivity index (χ0) is 8.10. The molecule has 2 nitrogen and oxygen atoms in total. The summed E-state index contributed by atoms with van der Waals surface area (Å²) in [6, 6.07) is 2.74. The van der Waals surface area contributed by atoms with Gasteiger partial charge < -0.3 is 5.32 Å². The van der Waals surface area contributed by atoms with E-state index in [4.69, 9.17) is 5.26 Å². The highest BCUT2D eigenvalue weighted by Crippen LogP contribution is 2.33. The van der Waals surface area contributed by atoms with E-state index in [1.54, 1.807) is 0 Å². The summed E-state index contributed by atoms with van der Waals surface area (Å²) in [5, 5.41) is 11.6. The Balaban J connectivity index is 1.92. The summed E-state index contributed by atoms with van der Waals surface area (Å²) in [6.07, 6.45) is 4.77. The van der Waals surface area contributed by atoms with E-state index in [0.29, 0.717) is 12.5 Å². The van der Waals surface area contributed by atoms with Crippen LogP contribution in [0.15, 0.2) is 0 Å². The van der Waals surface area contributed by atoms with Gasteiger partial charge in [-0.05, 0) is 19.3 Å². The molecule has 1 fully saturated rings. The Morgan fingerprint density at radius 2 is 2.36 bits per heavy atom. The van der Waals surface area contributed by atoms with Crippen molar-refractivity contribution in [3.63, 3.8) is 0 Å². The Bertz CT molecular complexity index is 144. The molecule has 62 valence electrons. The van der Waals surface area contributed by atoms with Crippen LogP contribution in [0.2, 0.25) is 0 Å². The summed E-state index contributed by atoms with van der Waals surface area (Å²) in [5.41, 5.74) is 0.